The largest absolute Gasteiger partial charge is 0.354 e. The Hall–Kier alpha value is -1.89. The second-order valence-corrected chi connectivity index (χ2v) is 11.9. The minimum Gasteiger partial charge on any atom is -0.354 e. The first-order chi connectivity index (χ1) is 16.0. The second kappa shape index (κ2) is 11.7. The number of hydrogen-bond donors (Lipinski definition) is 2. The van der Waals surface area contributed by atoms with Gasteiger partial charge in [0.2, 0.25) is 0 Å². The van der Waals surface area contributed by atoms with Gasteiger partial charge >= 0.3 is 0 Å². The van der Waals surface area contributed by atoms with Gasteiger partial charge in [-0.05, 0) is 45.0 Å². The summed E-state index contributed by atoms with van der Waals surface area (Å²) in [7, 11) is -3.91. The maximum absolute atomic E-state index is 13.1. The molecule has 0 bridgehead atoms. The Balaban J connectivity index is 1.64. The zero-order valence-electron chi connectivity index (χ0n) is 19.4. The lowest BCUT2D eigenvalue weighted by Gasteiger charge is -2.35. The van der Waals surface area contributed by atoms with Crippen LogP contribution in [0, 0.1) is 0 Å². The Bertz CT molecular complexity index is 1040. The monoisotopic (exact) mass is 527 g/mol. The third kappa shape index (κ3) is 8.10. The van der Waals surface area contributed by atoms with E-state index in [0.29, 0.717) is 18.1 Å². The lowest BCUT2D eigenvalue weighted by Crippen LogP contribution is -2.57. The molecule has 0 aliphatic carbocycles. The molecule has 1 aromatic carbocycles. The number of hydrogen-bond acceptors (Lipinski definition) is 7. The molecule has 9 nitrogen and oxygen atoms in total. The number of anilines is 1. The molecule has 186 valence electrons. The molecule has 1 aliphatic rings. The van der Waals surface area contributed by atoms with E-state index in [0.717, 1.165) is 10.7 Å². The van der Waals surface area contributed by atoms with Gasteiger partial charge in [-0.1, -0.05) is 29.8 Å². The summed E-state index contributed by atoms with van der Waals surface area (Å²) in [5, 5.41) is 0.544. The molecule has 1 aromatic heterocycles. The van der Waals surface area contributed by atoms with Crippen LogP contribution in [0.4, 0.5) is 5.82 Å². The van der Waals surface area contributed by atoms with Gasteiger partial charge in [0.05, 0.1) is 10.6 Å². The van der Waals surface area contributed by atoms with E-state index >= 15 is 0 Å². The second-order valence-electron chi connectivity index (χ2n) is 8.70. The summed E-state index contributed by atoms with van der Waals surface area (Å²) in [6.07, 6.45) is 1.56. The predicted molar refractivity (Wildman–Crippen MR) is 135 cm³/mol. The van der Waals surface area contributed by atoms with E-state index in [-0.39, 0.29) is 18.8 Å². The van der Waals surface area contributed by atoms with Gasteiger partial charge in [0, 0.05) is 43.0 Å². The van der Waals surface area contributed by atoms with Gasteiger partial charge in [0.1, 0.15) is 11.9 Å². The number of rotatable bonds is 9. The standard InChI is InChI=1S/C22H30ClN5O4S2/c1-22(2,3)32-25-21(29)19(16-33-18-7-5-4-6-8-18)26-34(30,31)28-13-11-27(12-14-28)20-10-9-17(23)15-24-20/h4-10,15,19,26H,11-14,16H2,1-3H3,(H,25,29). The number of carbonyl (C=O) groups is 1. The van der Waals surface area contributed by atoms with Gasteiger partial charge in [-0.25, -0.2) is 10.5 Å². The number of halogens is 1. The summed E-state index contributed by atoms with van der Waals surface area (Å²) in [6, 6.07) is 12.0. The number of piperazine rings is 1. The fourth-order valence-electron chi connectivity index (χ4n) is 3.10. The highest BCUT2D eigenvalue weighted by Crippen LogP contribution is 2.20. The molecule has 2 aromatic rings. The fourth-order valence-corrected chi connectivity index (χ4v) is 5.60. The lowest BCUT2D eigenvalue weighted by molar-refractivity contribution is -0.146. The number of thioether (sulfide) groups is 1. The fraction of sp³-hybridized carbons (Fsp3) is 0.455. The zero-order chi connectivity index (χ0) is 24.8. The van der Waals surface area contributed by atoms with E-state index in [9.17, 15) is 13.2 Å². The number of nitrogens with zero attached hydrogens (tertiary/aromatic N) is 3. The van der Waals surface area contributed by atoms with Crippen LogP contribution in [0.5, 0.6) is 0 Å². The van der Waals surface area contributed by atoms with Gasteiger partial charge in [0.15, 0.2) is 0 Å². The number of benzene rings is 1. The van der Waals surface area contributed by atoms with Crippen molar-refractivity contribution in [3.63, 3.8) is 0 Å². The minimum absolute atomic E-state index is 0.206. The van der Waals surface area contributed by atoms with Crippen LogP contribution in [-0.4, -0.2) is 67.2 Å². The third-order valence-corrected chi connectivity index (χ3v) is 7.80. The summed E-state index contributed by atoms with van der Waals surface area (Å²) in [5.74, 6) is 0.397. The number of aromatic nitrogens is 1. The highest BCUT2D eigenvalue weighted by atomic mass is 35.5. The van der Waals surface area contributed by atoms with Gasteiger partial charge in [0.25, 0.3) is 16.1 Å². The van der Waals surface area contributed by atoms with Crippen molar-refractivity contribution in [1.29, 1.82) is 0 Å². The molecule has 1 unspecified atom stereocenters. The Kier molecular flexibility index (Phi) is 9.19. The molecule has 0 radical (unpaired) electrons. The number of hydroxylamine groups is 1. The molecule has 1 aliphatic heterocycles. The van der Waals surface area contributed by atoms with Crippen molar-refractivity contribution >= 4 is 45.3 Å². The van der Waals surface area contributed by atoms with Crippen molar-refractivity contribution in [2.75, 3.05) is 36.8 Å². The van der Waals surface area contributed by atoms with Crippen molar-refractivity contribution < 1.29 is 18.0 Å². The van der Waals surface area contributed by atoms with Gasteiger partial charge in [-0.3, -0.25) is 9.63 Å². The molecule has 34 heavy (non-hydrogen) atoms. The van der Waals surface area contributed by atoms with Gasteiger partial charge in [-0.2, -0.15) is 17.4 Å². The Morgan fingerprint density at radius 3 is 2.41 bits per heavy atom. The maximum Gasteiger partial charge on any atom is 0.280 e. The average molecular weight is 528 g/mol. The van der Waals surface area contributed by atoms with Crippen LogP contribution in [0.2, 0.25) is 5.02 Å². The van der Waals surface area contributed by atoms with Crippen LogP contribution < -0.4 is 15.1 Å². The maximum atomic E-state index is 13.1. The van der Waals surface area contributed by atoms with Crippen molar-refractivity contribution in [1.82, 2.24) is 19.5 Å². The summed E-state index contributed by atoms with van der Waals surface area (Å²) < 4.78 is 30.2. The Morgan fingerprint density at radius 1 is 1.15 bits per heavy atom. The molecule has 1 fully saturated rings. The van der Waals surface area contributed by atoms with Gasteiger partial charge < -0.3 is 4.90 Å². The molecular weight excluding hydrogens is 498 g/mol. The van der Waals surface area contributed by atoms with Crippen LogP contribution >= 0.6 is 23.4 Å². The number of nitrogens with one attached hydrogen (secondary N) is 2. The van der Waals surface area contributed by atoms with Crippen molar-refractivity contribution in [3.05, 3.63) is 53.7 Å². The molecule has 2 N–H and O–H groups in total. The lowest BCUT2D eigenvalue weighted by atomic mass is 10.2. The number of pyridine rings is 1. The quantitative estimate of drug-likeness (QED) is 0.381. The molecule has 2 heterocycles. The first kappa shape index (κ1) is 26.7. The predicted octanol–water partition coefficient (Wildman–Crippen LogP) is 2.70. The van der Waals surface area contributed by atoms with E-state index in [1.54, 1.807) is 39.1 Å². The van der Waals surface area contributed by atoms with Crippen molar-refractivity contribution in [2.24, 2.45) is 0 Å². The zero-order valence-corrected chi connectivity index (χ0v) is 21.8. The third-order valence-electron chi connectivity index (χ3n) is 4.84. The van der Waals surface area contributed by atoms with E-state index in [1.807, 2.05) is 35.2 Å². The average Bonchev–Trinajstić information content (AvgIpc) is 2.81. The summed E-state index contributed by atoms with van der Waals surface area (Å²) in [4.78, 5) is 25.4. The minimum atomic E-state index is -3.91. The van der Waals surface area contributed by atoms with E-state index in [1.165, 1.54) is 16.1 Å². The Morgan fingerprint density at radius 2 is 1.82 bits per heavy atom. The molecule has 1 saturated heterocycles. The Labute approximate surface area is 210 Å². The van der Waals surface area contributed by atoms with E-state index < -0.39 is 27.8 Å². The van der Waals surface area contributed by atoms with Crippen molar-refractivity contribution in [3.8, 4) is 0 Å². The molecular formula is C22H30ClN5O4S2. The highest BCUT2D eigenvalue weighted by molar-refractivity contribution is 7.99. The first-order valence-corrected chi connectivity index (χ1v) is 13.6. The summed E-state index contributed by atoms with van der Waals surface area (Å²) in [5.41, 5.74) is 1.78. The topological polar surface area (TPSA) is 104 Å². The smallest absolute Gasteiger partial charge is 0.280 e. The van der Waals surface area contributed by atoms with Crippen LogP contribution in [0.25, 0.3) is 0 Å². The van der Waals surface area contributed by atoms with Crippen LogP contribution in [0.3, 0.4) is 0 Å². The van der Waals surface area contributed by atoms with Crippen LogP contribution in [0.1, 0.15) is 20.8 Å². The number of carbonyl (C=O) groups excluding carboxylic acids is 1. The highest BCUT2D eigenvalue weighted by Gasteiger charge is 2.32. The van der Waals surface area contributed by atoms with Gasteiger partial charge in [-0.15, -0.1) is 11.8 Å². The molecule has 1 atom stereocenters. The molecule has 0 spiro atoms. The number of amides is 1. The molecule has 3 rings (SSSR count). The van der Waals surface area contributed by atoms with Crippen LogP contribution in [0.15, 0.2) is 53.6 Å². The molecule has 1 amide bonds. The van der Waals surface area contributed by atoms with E-state index in [2.05, 4.69) is 15.2 Å². The van der Waals surface area contributed by atoms with Crippen LogP contribution in [-0.2, 0) is 19.8 Å². The summed E-state index contributed by atoms with van der Waals surface area (Å²) >= 11 is 7.29. The van der Waals surface area contributed by atoms with E-state index in [4.69, 9.17) is 16.4 Å². The first-order valence-electron chi connectivity index (χ1n) is 10.8. The molecule has 0 saturated carbocycles. The van der Waals surface area contributed by atoms with Crippen molar-refractivity contribution in [2.45, 2.75) is 37.3 Å². The molecule has 12 heteroatoms. The summed E-state index contributed by atoms with van der Waals surface area (Å²) in [6.45, 7) is 6.84. The SMILES string of the molecule is CC(C)(C)ONC(=O)C(CSc1ccccc1)NS(=O)(=O)N1CCN(c2ccc(Cl)cn2)CC1. The normalized spacial score (nSPS) is 16.3.